The average molecular weight is 323 g/mol. The largest absolute Gasteiger partial charge is 0.339 e. The highest BCUT2D eigenvalue weighted by molar-refractivity contribution is 7.90. The lowest BCUT2D eigenvalue weighted by atomic mass is 9.97. The molecule has 0 atom stereocenters. The smallest absolute Gasteiger partial charge is 0.255 e. The predicted octanol–water partition coefficient (Wildman–Crippen LogP) is 1.02. The summed E-state index contributed by atoms with van der Waals surface area (Å²) >= 11 is 0. The van der Waals surface area contributed by atoms with E-state index in [1.165, 1.54) is 0 Å². The Balaban J connectivity index is 1.47. The molecule has 0 unspecified atom stereocenters. The van der Waals surface area contributed by atoms with Gasteiger partial charge in [0.05, 0.1) is 10.8 Å². The summed E-state index contributed by atoms with van der Waals surface area (Å²) in [6, 6.07) is 3.53. The number of piperidine rings is 1. The van der Waals surface area contributed by atoms with Crippen LogP contribution in [0.4, 0.5) is 0 Å². The molecule has 2 fully saturated rings. The summed E-state index contributed by atoms with van der Waals surface area (Å²) in [6.45, 7) is 1.83. The molecule has 0 aromatic carbocycles. The van der Waals surface area contributed by atoms with Gasteiger partial charge >= 0.3 is 0 Å². The van der Waals surface area contributed by atoms with Gasteiger partial charge in [0.15, 0.2) is 0 Å². The molecular weight excluding hydrogens is 302 g/mol. The number of carbonyl (C=O) groups is 1. The number of carbonyl (C=O) groups excluding carboxylic acids is 1. The third kappa shape index (κ3) is 3.64. The first-order valence-corrected chi connectivity index (χ1v) is 9.28. The van der Waals surface area contributed by atoms with Crippen LogP contribution in [0.3, 0.4) is 0 Å². The summed E-state index contributed by atoms with van der Waals surface area (Å²) in [5.74, 6) is 0.316. The monoisotopic (exact) mass is 323 g/mol. The van der Waals surface area contributed by atoms with Crippen molar-refractivity contribution in [2.75, 3.05) is 19.6 Å². The molecular formula is C15H21N3O3S. The molecule has 1 aliphatic heterocycles. The Morgan fingerprint density at radius 1 is 1.27 bits per heavy atom. The molecule has 1 N–H and O–H groups in total. The molecule has 0 spiro atoms. The molecule has 1 aromatic rings. The van der Waals surface area contributed by atoms with Crippen LogP contribution >= 0.6 is 0 Å². The minimum atomic E-state index is -3.10. The summed E-state index contributed by atoms with van der Waals surface area (Å²) in [4.78, 5) is 18.1. The molecule has 120 valence electrons. The van der Waals surface area contributed by atoms with Crippen molar-refractivity contribution in [3.63, 3.8) is 0 Å². The van der Waals surface area contributed by atoms with E-state index in [-0.39, 0.29) is 11.2 Å². The number of likely N-dealkylation sites (tertiary alicyclic amines) is 1. The van der Waals surface area contributed by atoms with E-state index >= 15 is 0 Å². The summed E-state index contributed by atoms with van der Waals surface area (Å²) in [6.07, 6.45) is 6.46. The van der Waals surface area contributed by atoms with Gasteiger partial charge in [0.1, 0.15) is 0 Å². The Hall–Kier alpha value is -1.47. The number of amides is 1. The minimum Gasteiger partial charge on any atom is -0.339 e. The molecule has 6 nitrogen and oxygen atoms in total. The molecule has 2 aliphatic rings. The van der Waals surface area contributed by atoms with Crippen molar-refractivity contribution in [1.29, 1.82) is 0 Å². The van der Waals surface area contributed by atoms with Gasteiger partial charge < -0.3 is 4.90 Å². The first kappa shape index (κ1) is 15.4. The number of rotatable bonds is 5. The van der Waals surface area contributed by atoms with E-state index < -0.39 is 10.0 Å². The molecule has 1 aromatic heterocycles. The van der Waals surface area contributed by atoms with Gasteiger partial charge in [-0.1, -0.05) is 0 Å². The summed E-state index contributed by atoms with van der Waals surface area (Å²) in [7, 11) is -3.10. The lowest BCUT2D eigenvalue weighted by Gasteiger charge is -2.32. The SMILES string of the molecule is O=C(c1cccnc1)N1CCC(CNS(=O)(=O)C2CC2)CC1. The number of sulfonamides is 1. The molecule has 1 saturated carbocycles. The van der Waals surface area contributed by atoms with Gasteiger partial charge in [-0.2, -0.15) is 0 Å². The van der Waals surface area contributed by atoms with E-state index in [0.717, 1.165) is 25.7 Å². The van der Waals surface area contributed by atoms with Crippen molar-refractivity contribution in [3.05, 3.63) is 30.1 Å². The Bertz CT molecular complexity index is 621. The van der Waals surface area contributed by atoms with E-state index in [1.807, 2.05) is 4.90 Å². The van der Waals surface area contributed by atoms with Crippen LogP contribution in [-0.2, 0) is 10.0 Å². The second kappa shape index (κ2) is 6.34. The second-order valence-corrected chi connectivity index (χ2v) is 8.12. The molecule has 1 amide bonds. The minimum absolute atomic E-state index is 0.00473. The second-order valence-electron chi connectivity index (χ2n) is 6.07. The van der Waals surface area contributed by atoms with Gasteiger partial charge in [0.2, 0.25) is 10.0 Å². The fourth-order valence-corrected chi connectivity index (χ4v) is 4.20. The number of aromatic nitrogens is 1. The Morgan fingerprint density at radius 3 is 2.59 bits per heavy atom. The molecule has 1 aliphatic carbocycles. The molecule has 22 heavy (non-hydrogen) atoms. The van der Waals surface area contributed by atoms with Gasteiger partial charge in [-0.3, -0.25) is 9.78 Å². The maximum absolute atomic E-state index is 12.3. The maximum Gasteiger partial charge on any atom is 0.255 e. The number of pyridine rings is 1. The van der Waals surface area contributed by atoms with Crippen molar-refractivity contribution in [1.82, 2.24) is 14.6 Å². The fraction of sp³-hybridized carbons (Fsp3) is 0.600. The average Bonchev–Trinajstić information content (AvgIpc) is 3.39. The van der Waals surface area contributed by atoms with E-state index in [2.05, 4.69) is 9.71 Å². The fourth-order valence-electron chi connectivity index (χ4n) is 2.74. The molecule has 7 heteroatoms. The highest BCUT2D eigenvalue weighted by Crippen LogP contribution is 2.28. The van der Waals surface area contributed by atoms with Gasteiger partial charge in [0, 0.05) is 32.0 Å². The van der Waals surface area contributed by atoms with Crippen LogP contribution in [0.1, 0.15) is 36.0 Å². The highest BCUT2D eigenvalue weighted by Gasteiger charge is 2.36. The Kier molecular flexibility index (Phi) is 4.44. The third-order valence-electron chi connectivity index (χ3n) is 4.35. The number of hydrogen-bond donors (Lipinski definition) is 1. The molecule has 3 rings (SSSR count). The first-order chi connectivity index (χ1) is 10.6. The van der Waals surface area contributed by atoms with Crippen molar-refractivity contribution < 1.29 is 13.2 Å². The van der Waals surface area contributed by atoms with Gasteiger partial charge in [-0.05, 0) is 43.7 Å². The normalized spacial score (nSPS) is 20.1. The lowest BCUT2D eigenvalue weighted by Crippen LogP contribution is -2.42. The van der Waals surface area contributed by atoms with Crippen LogP contribution < -0.4 is 4.72 Å². The maximum atomic E-state index is 12.3. The molecule has 0 radical (unpaired) electrons. The van der Waals surface area contributed by atoms with Gasteiger partial charge in [-0.25, -0.2) is 13.1 Å². The number of nitrogens with zero attached hydrogens (tertiary/aromatic N) is 2. The van der Waals surface area contributed by atoms with E-state index in [1.54, 1.807) is 24.5 Å². The van der Waals surface area contributed by atoms with Crippen LogP contribution in [0.25, 0.3) is 0 Å². The predicted molar refractivity (Wildman–Crippen MR) is 82.8 cm³/mol. The van der Waals surface area contributed by atoms with Crippen molar-refractivity contribution in [2.45, 2.75) is 30.9 Å². The van der Waals surface area contributed by atoms with Crippen molar-refractivity contribution in [3.8, 4) is 0 Å². The summed E-state index contributed by atoms with van der Waals surface area (Å²) < 4.78 is 26.3. The summed E-state index contributed by atoms with van der Waals surface area (Å²) in [5.41, 5.74) is 0.607. The number of nitrogens with one attached hydrogen (secondary N) is 1. The topological polar surface area (TPSA) is 79.4 Å². The van der Waals surface area contributed by atoms with E-state index in [9.17, 15) is 13.2 Å². The lowest BCUT2D eigenvalue weighted by molar-refractivity contribution is 0.0691. The van der Waals surface area contributed by atoms with Crippen LogP contribution in [0.15, 0.2) is 24.5 Å². The molecule has 2 heterocycles. The third-order valence-corrected chi connectivity index (χ3v) is 6.26. The van der Waals surface area contributed by atoms with Crippen molar-refractivity contribution in [2.24, 2.45) is 5.92 Å². The van der Waals surface area contributed by atoms with Gasteiger partial charge in [-0.15, -0.1) is 0 Å². The summed E-state index contributed by atoms with van der Waals surface area (Å²) in [5, 5.41) is -0.167. The van der Waals surface area contributed by atoms with Gasteiger partial charge in [0.25, 0.3) is 5.91 Å². The standard InChI is InChI=1S/C15H21N3O3S/c19-15(13-2-1-7-16-11-13)18-8-5-12(6-9-18)10-17-22(20,21)14-3-4-14/h1-2,7,11-12,14,17H,3-6,8-10H2. The van der Waals surface area contributed by atoms with Crippen LogP contribution in [0.2, 0.25) is 0 Å². The zero-order valence-corrected chi connectivity index (χ0v) is 13.3. The van der Waals surface area contributed by atoms with Crippen molar-refractivity contribution >= 4 is 15.9 Å². The van der Waals surface area contributed by atoms with Crippen LogP contribution in [-0.4, -0.2) is 49.1 Å². The Morgan fingerprint density at radius 2 is 2.00 bits per heavy atom. The van der Waals surface area contributed by atoms with E-state index in [0.29, 0.717) is 31.1 Å². The van der Waals surface area contributed by atoms with Crippen LogP contribution in [0, 0.1) is 5.92 Å². The zero-order valence-electron chi connectivity index (χ0n) is 12.4. The first-order valence-electron chi connectivity index (χ1n) is 7.74. The highest BCUT2D eigenvalue weighted by atomic mass is 32.2. The Labute approximate surface area is 131 Å². The molecule has 0 bridgehead atoms. The van der Waals surface area contributed by atoms with E-state index in [4.69, 9.17) is 0 Å². The van der Waals surface area contributed by atoms with Crippen LogP contribution in [0.5, 0.6) is 0 Å². The molecule has 1 saturated heterocycles. The quantitative estimate of drug-likeness (QED) is 0.877. The number of hydrogen-bond acceptors (Lipinski definition) is 4. The zero-order chi connectivity index (χ0) is 15.6.